The Hall–Kier alpha value is -1.35. The van der Waals surface area contributed by atoms with E-state index in [0.29, 0.717) is 5.92 Å². The van der Waals surface area contributed by atoms with Crippen molar-refractivity contribution in [3.63, 3.8) is 0 Å². The van der Waals surface area contributed by atoms with Crippen LogP contribution in [-0.2, 0) is 12.5 Å². The van der Waals surface area contributed by atoms with Crippen molar-refractivity contribution in [2.45, 2.75) is 49.9 Å². The molecule has 0 saturated heterocycles. The minimum Gasteiger partial charge on any atom is -0.331 e. The normalized spacial score (nSPS) is 21.7. The molecule has 2 aliphatic rings. The van der Waals surface area contributed by atoms with Gasteiger partial charge < -0.3 is 10.3 Å². The van der Waals surface area contributed by atoms with Crippen molar-refractivity contribution in [1.29, 1.82) is 0 Å². The van der Waals surface area contributed by atoms with Gasteiger partial charge in [-0.25, -0.2) is 4.98 Å². The molecular weight excluding hydrogens is 246 g/mol. The molecule has 0 bridgehead atoms. The third kappa shape index (κ3) is 1.59. The zero-order chi connectivity index (χ0) is 13.7. The van der Waals surface area contributed by atoms with E-state index in [1.54, 1.807) is 0 Å². The first-order chi connectivity index (χ1) is 9.73. The van der Waals surface area contributed by atoms with Crippen LogP contribution in [0.5, 0.6) is 0 Å². The molecule has 3 heteroatoms. The molecule has 2 aromatic rings. The molecule has 1 aromatic carbocycles. The van der Waals surface area contributed by atoms with E-state index < -0.39 is 0 Å². The average Bonchev–Trinajstić information content (AvgIpc) is 2.65. The van der Waals surface area contributed by atoms with Gasteiger partial charge in [0.1, 0.15) is 5.82 Å². The lowest BCUT2D eigenvalue weighted by Gasteiger charge is -2.41. The van der Waals surface area contributed by atoms with Gasteiger partial charge in [0.15, 0.2) is 0 Å². The highest BCUT2D eigenvalue weighted by Gasteiger charge is 2.37. The number of imidazole rings is 1. The number of aromatic nitrogens is 2. The monoisotopic (exact) mass is 269 g/mol. The summed E-state index contributed by atoms with van der Waals surface area (Å²) < 4.78 is 2.31. The highest BCUT2D eigenvalue weighted by atomic mass is 15.1. The van der Waals surface area contributed by atoms with Crippen molar-refractivity contribution < 1.29 is 0 Å². The van der Waals surface area contributed by atoms with Crippen LogP contribution in [0.25, 0.3) is 11.0 Å². The summed E-state index contributed by atoms with van der Waals surface area (Å²) in [5.74, 6) is 1.96. The van der Waals surface area contributed by atoms with Gasteiger partial charge in [-0.2, -0.15) is 0 Å². The summed E-state index contributed by atoms with van der Waals surface area (Å²) in [6.45, 7) is 0.770. The smallest absolute Gasteiger partial charge is 0.112 e. The molecule has 0 aliphatic heterocycles. The Labute approximate surface area is 120 Å². The number of hydrogen-bond donors (Lipinski definition) is 1. The van der Waals surface area contributed by atoms with Crippen LogP contribution in [0.1, 0.15) is 55.8 Å². The molecule has 0 spiro atoms. The number of nitrogens with zero attached hydrogens (tertiary/aromatic N) is 2. The minimum atomic E-state index is 0.245. The zero-order valence-electron chi connectivity index (χ0n) is 12.2. The Morgan fingerprint density at radius 2 is 2.10 bits per heavy atom. The fourth-order valence-corrected chi connectivity index (χ4v) is 3.78. The lowest BCUT2D eigenvalue weighted by Crippen LogP contribution is -2.41. The van der Waals surface area contributed by atoms with Crippen molar-refractivity contribution in [2.75, 3.05) is 6.54 Å². The molecule has 2 saturated carbocycles. The summed E-state index contributed by atoms with van der Waals surface area (Å²) in [6.07, 6.45) is 7.75. The van der Waals surface area contributed by atoms with E-state index in [1.165, 1.54) is 55.4 Å². The van der Waals surface area contributed by atoms with Crippen LogP contribution in [0.2, 0.25) is 0 Å². The fourth-order valence-electron chi connectivity index (χ4n) is 3.78. The predicted octanol–water partition coefficient (Wildman–Crippen LogP) is 3.22. The van der Waals surface area contributed by atoms with Gasteiger partial charge in [-0.05, 0) is 43.4 Å². The molecule has 1 heterocycles. The SMILES string of the molecule is Cn1c(C2CCC2)nc2ccc(C3(CN)CCC3)cc21. The topological polar surface area (TPSA) is 43.8 Å². The van der Waals surface area contributed by atoms with E-state index in [1.807, 2.05) is 0 Å². The first kappa shape index (κ1) is 12.4. The highest BCUT2D eigenvalue weighted by molar-refractivity contribution is 5.77. The second kappa shape index (κ2) is 4.32. The van der Waals surface area contributed by atoms with Gasteiger partial charge in [0.2, 0.25) is 0 Å². The Bertz CT molecular complexity index is 642. The van der Waals surface area contributed by atoms with Crippen LogP contribution in [0.4, 0.5) is 0 Å². The largest absolute Gasteiger partial charge is 0.331 e. The van der Waals surface area contributed by atoms with Crippen molar-refractivity contribution in [1.82, 2.24) is 9.55 Å². The van der Waals surface area contributed by atoms with Crippen LogP contribution in [0.15, 0.2) is 18.2 Å². The van der Waals surface area contributed by atoms with Crippen LogP contribution < -0.4 is 5.73 Å². The van der Waals surface area contributed by atoms with E-state index >= 15 is 0 Å². The molecule has 0 radical (unpaired) electrons. The maximum absolute atomic E-state index is 6.04. The molecular formula is C17H23N3. The van der Waals surface area contributed by atoms with E-state index in [4.69, 9.17) is 10.7 Å². The Kier molecular flexibility index (Phi) is 2.68. The van der Waals surface area contributed by atoms with Gasteiger partial charge in [-0.15, -0.1) is 0 Å². The van der Waals surface area contributed by atoms with Gasteiger partial charge in [0.25, 0.3) is 0 Å². The second-order valence-corrected chi connectivity index (χ2v) is 6.70. The first-order valence-corrected chi connectivity index (χ1v) is 7.90. The first-order valence-electron chi connectivity index (χ1n) is 7.90. The maximum Gasteiger partial charge on any atom is 0.112 e. The summed E-state index contributed by atoms with van der Waals surface area (Å²) in [5.41, 5.74) is 10.1. The molecule has 1 aromatic heterocycles. The molecule has 2 fully saturated rings. The Balaban J connectivity index is 1.80. The molecule has 4 rings (SSSR count). The molecule has 20 heavy (non-hydrogen) atoms. The van der Waals surface area contributed by atoms with Gasteiger partial charge in [0, 0.05) is 24.9 Å². The number of hydrogen-bond acceptors (Lipinski definition) is 2. The van der Waals surface area contributed by atoms with Crippen molar-refractivity contribution in [3.05, 3.63) is 29.6 Å². The number of rotatable bonds is 3. The van der Waals surface area contributed by atoms with Crippen molar-refractivity contribution >= 4 is 11.0 Å². The number of fused-ring (bicyclic) bond motifs is 1. The summed E-state index contributed by atoms with van der Waals surface area (Å²) in [5, 5.41) is 0. The molecule has 3 nitrogen and oxygen atoms in total. The van der Waals surface area contributed by atoms with Crippen LogP contribution in [0.3, 0.4) is 0 Å². The molecule has 0 atom stereocenters. The van der Waals surface area contributed by atoms with E-state index in [0.717, 1.165) is 12.1 Å². The van der Waals surface area contributed by atoms with Crippen LogP contribution in [-0.4, -0.2) is 16.1 Å². The van der Waals surface area contributed by atoms with E-state index in [9.17, 15) is 0 Å². The van der Waals surface area contributed by atoms with Gasteiger partial charge >= 0.3 is 0 Å². The number of aryl methyl sites for hydroxylation is 1. The average molecular weight is 269 g/mol. The molecule has 2 aliphatic carbocycles. The van der Waals surface area contributed by atoms with Gasteiger partial charge in [-0.1, -0.05) is 18.9 Å². The van der Waals surface area contributed by atoms with Crippen LogP contribution >= 0.6 is 0 Å². The summed E-state index contributed by atoms with van der Waals surface area (Å²) in [6, 6.07) is 6.80. The Morgan fingerprint density at radius 3 is 2.65 bits per heavy atom. The van der Waals surface area contributed by atoms with Gasteiger partial charge in [-0.3, -0.25) is 0 Å². The lowest BCUT2D eigenvalue weighted by atomic mass is 9.64. The van der Waals surface area contributed by atoms with E-state index in [-0.39, 0.29) is 5.41 Å². The van der Waals surface area contributed by atoms with Crippen LogP contribution in [0, 0.1) is 0 Å². The lowest BCUT2D eigenvalue weighted by molar-refractivity contribution is 0.253. The minimum absolute atomic E-state index is 0.245. The standard InChI is InChI=1S/C17H23N3/c1-20-15-10-13(17(11-18)8-3-9-17)6-7-14(15)19-16(20)12-4-2-5-12/h6-7,10,12H,2-5,8-9,11,18H2,1H3. The molecule has 106 valence electrons. The van der Waals surface area contributed by atoms with Crippen molar-refractivity contribution in [2.24, 2.45) is 12.8 Å². The number of nitrogens with two attached hydrogens (primary N) is 1. The Morgan fingerprint density at radius 1 is 1.30 bits per heavy atom. The molecule has 2 N–H and O–H groups in total. The fraction of sp³-hybridized carbons (Fsp3) is 0.588. The quantitative estimate of drug-likeness (QED) is 0.929. The molecule has 0 unspecified atom stereocenters. The highest BCUT2D eigenvalue weighted by Crippen LogP contribution is 2.44. The van der Waals surface area contributed by atoms with E-state index in [2.05, 4.69) is 29.8 Å². The predicted molar refractivity (Wildman–Crippen MR) is 81.9 cm³/mol. The summed E-state index contributed by atoms with van der Waals surface area (Å²) in [7, 11) is 2.17. The summed E-state index contributed by atoms with van der Waals surface area (Å²) >= 11 is 0. The third-order valence-electron chi connectivity index (χ3n) is 5.70. The number of benzene rings is 1. The van der Waals surface area contributed by atoms with Crippen molar-refractivity contribution in [3.8, 4) is 0 Å². The molecule has 0 amide bonds. The maximum atomic E-state index is 6.04. The second-order valence-electron chi connectivity index (χ2n) is 6.70. The summed E-state index contributed by atoms with van der Waals surface area (Å²) in [4.78, 5) is 4.86. The third-order valence-corrected chi connectivity index (χ3v) is 5.70. The van der Waals surface area contributed by atoms with Gasteiger partial charge in [0.05, 0.1) is 11.0 Å². The zero-order valence-corrected chi connectivity index (χ0v) is 12.2.